The molecule has 140 valence electrons. The number of halogens is 1. The van der Waals surface area contributed by atoms with E-state index in [1.54, 1.807) is 25.1 Å². The van der Waals surface area contributed by atoms with Gasteiger partial charge in [0.2, 0.25) is 5.91 Å². The first-order chi connectivity index (χ1) is 13.0. The number of carbonyl (C=O) groups excluding carboxylic acids is 2. The average molecular weight is 371 g/mol. The number of anilines is 1. The summed E-state index contributed by atoms with van der Waals surface area (Å²) in [6.07, 6.45) is -0.00185. The molecular formula is C19H18FN3O4. The van der Waals surface area contributed by atoms with Gasteiger partial charge in [0.25, 0.3) is 5.91 Å². The Morgan fingerprint density at radius 2 is 1.78 bits per heavy atom. The van der Waals surface area contributed by atoms with Crippen molar-refractivity contribution in [3.8, 4) is 11.5 Å². The van der Waals surface area contributed by atoms with Gasteiger partial charge in [-0.15, -0.1) is 0 Å². The number of carbonyl (C=O) groups is 2. The van der Waals surface area contributed by atoms with Gasteiger partial charge in [0.15, 0.2) is 11.5 Å². The number of hydrogen-bond acceptors (Lipinski definition) is 5. The summed E-state index contributed by atoms with van der Waals surface area (Å²) in [5, 5.41) is 6.63. The fourth-order valence-electron chi connectivity index (χ4n) is 2.41. The minimum atomic E-state index is -0.485. The van der Waals surface area contributed by atoms with Crippen molar-refractivity contribution in [3.05, 3.63) is 53.8 Å². The molecule has 2 amide bonds. The molecule has 0 atom stereocenters. The monoisotopic (exact) mass is 371 g/mol. The minimum Gasteiger partial charge on any atom is -0.486 e. The van der Waals surface area contributed by atoms with Crippen LogP contribution in [0.25, 0.3) is 0 Å². The van der Waals surface area contributed by atoms with Crippen LogP contribution in [0, 0.1) is 5.82 Å². The molecule has 8 heteroatoms. The SMILES string of the molecule is C/C(CC(=O)Nc1ccc2c(c1)OCCO2)=N/NC(=O)c1ccc(F)cc1. The van der Waals surface area contributed by atoms with Gasteiger partial charge in [-0.3, -0.25) is 9.59 Å². The highest BCUT2D eigenvalue weighted by molar-refractivity contribution is 6.06. The van der Waals surface area contributed by atoms with Crippen molar-refractivity contribution in [2.75, 3.05) is 18.5 Å². The molecule has 1 aliphatic rings. The van der Waals surface area contributed by atoms with Crippen LogP contribution in [-0.2, 0) is 4.79 Å². The molecule has 0 saturated carbocycles. The number of benzene rings is 2. The first-order valence-electron chi connectivity index (χ1n) is 8.30. The van der Waals surface area contributed by atoms with Crippen LogP contribution in [-0.4, -0.2) is 30.7 Å². The van der Waals surface area contributed by atoms with Crippen LogP contribution < -0.4 is 20.2 Å². The topological polar surface area (TPSA) is 89.0 Å². The molecule has 27 heavy (non-hydrogen) atoms. The third-order valence-corrected chi connectivity index (χ3v) is 3.70. The molecule has 0 spiro atoms. The predicted molar refractivity (Wildman–Crippen MR) is 97.7 cm³/mol. The highest BCUT2D eigenvalue weighted by Crippen LogP contribution is 2.32. The van der Waals surface area contributed by atoms with E-state index < -0.39 is 11.7 Å². The van der Waals surface area contributed by atoms with Gasteiger partial charge in [0.05, 0.1) is 6.42 Å². The van der Waals surface area contributed by atoms with Crippen LogP contribution in [0.2, 0.25) is 0 Å². The molecule has 2 aromatic carbocycles. The van der Waals surface area contributed by atoms with Crippen molar-refractivity contribution in [2.45, 2.75) is 13.3 Å². The number of amides is 2. The van der Waals surface area contributed by atoms with E-state index in [1.807, 2.05) is 0 Å². The maximum atomic E-state index is 12.9. The van der Waals surface area contributed by atoms with Gasteiger partial charge >= 0.3 is 0 Å². The molecule has 2 aromatic rings. The fourth-order valence-corrected chi connectivity index (χ4v) is 2.41. The Balaban J connectivity index is 1.53. The number of hydrazone groups is 1. The average Bonchev–Trinajstić information content (AvgIpc) is 2.66. The Labute approximate surface area is 155 Å². The van der Waals surface area contributed by atoms with Crippen molar-refractivity contribution in [1.82, 2.24) is 5.43 Å². The Morgan fingerprint density at radius 1 is 1.07 bits per heavy atom. The molecule has 7 nitrogen and oxygen atoms in total. The number of hydrogen-bond donors (Lipinski definition) is 2. The number of nitrogens with one attached hydrogen (secondary N) is 2. The summed E-state index contributed by atoms with van der Waals surface area (Å²) in [4.78, 5) is 24.0. The molecular weight excluding hydrogens is 353 g/mol. The molecule has 0 aromatic heterocycles. The number of nitrogens with zero attached hydrogens (tertiary/aromatic N) is 1. The van der Waals surface area contributed by atoms with Gasteiger partial charge < -0.3 is 14.8 Å². The lowest BCUT2D eigenvalue weighted by molar-refractivity contribution is -0.115. The zero-order chi connectivity index (χ0) is 19.2. The summed E-state index contributed by atoms with van der Waals surface area (Å²) < 4.78 is 23.8. The lowest BCUT2D eigenvalue weighted by Crippen LogP contribution is -2.21. The molecule has 1 heterocycles. The maximum Gasteiger partial charge on any atom is 0.271 e. The molecule has 3 rings (SSSR count). The van der Waals surface area contributed by atoms with Gasteiger partial charge in [-0.25, -0.2) is 9.82 Å². The van der Waals surface area contributed by atoms with E-state index in [9.17, 15) is 14.0 Å². The van der Waals surface area contributed by atoms with Gasteiger partial charge in [-0.1, -0.05) is 0 Å². The molecule has 1 aliphatic heterocycles. The first kappa shape index (κ1) is 18.4. The first-order valence-corrected chi connectivity index (χ1v) is 8.30. The van der Waals surface area contributed by atoms with Crippen LogP contribution in [0.3, 0.4) is 0 Å². The fraction of sp³-hybridized carbons (Fsp3) is 0.211. The van der Waals surface area contributed by atoms with E-state index in [0.717, 1.165) is 0 Å². The van der Waals surface area contributed by atoms with E-state index in [4.69, 9.17) is 9.47 Å². The summed E-state index contributed by atoms with van der Waals surface area (Å²) in [6, 6.07) is 10.2. The smallest absolute Gasteiger partial charge is 0.271 e. The highest BCUT2D eigenvalue weighted by atomic mass is 19.1. The molecule has 2 N–H and O–H groups in total. The summed E-state index contributed by atoms with van der Waals surface area (Å²) >= 11 is 0. The molecule has 0 fully saturated rings. The summed E-state index contributed by atoms with van der Waals surface area (Å²) in [6.45, 7) is 2.58. The molecule has 0 radical (unpaired) electrons. The van der Waals surface area contributed by atoms with E-state index in [-0.39, 0.29) is 17.9 Å². The van der Waals surface area contributed by atoms with E-state index >= 15 is 0 Å². The Bertz CT molecular complexity index is 881. The third-order valence-electron chi connectivity index (χ3n) is 3.70. The molecule has 0 unspecified atom stereocenters. The predicted octanol–water partition coefficient (Wildman–Crippen LogP) is 2.73. The van der Waals surface area contributed by atoms with Crippen molar-refractivity contribution in [2.24, 2.45) is 5.10 Å². The number of rotatable bonds is 5. The standard InChI is InChI=1S/C19H18FN3O4/c1-12(22-23-19(25)13-2-4-14(20)5-3-13)10-18(24)21-15-6-7-16-17(11-15)27-9-8-26-16/h2-7,11H,8-10H2,1H3,(H,21,24)(H,23,25)/b22-12-. The zero-order valence-electron chi connectivity index (χ0n) is 14.6. The largest absolute Gasteiger partial charge is 0.486 e. The van der Waals surface area contributed by atoms with Crippen molar-refractivity contribution >= 4 is 23.2 Å². The second-order valence-corrected chi connectivity index (χ2v) is 5.88. The van der Waals surface area contributed by atoms with Crippen LogP contribution in [0.1, 0.15) is 23.7 Å². The maximum absolute atomic E-state index is 12.9. The Hall–Kier alpha value is -3.42. The van der Waals surface area contributed by atoms with E-state index in [2.05, 4.69) is 15.8 Å². The second-order valence-electron chi connectivity index (χ2n) is 5.88. The molecule has 0 saturated heterocycles. The lowest BCUT2D eigenvalue weighted by atomic mass is 10.2. The lowest BCUT2D eigenvalue weighted by Gasteiger charge is -2.19. The van der Waals surface area contributed by atoms with Crippen molar-refractivity contribution in [3.63, 3.8) is 0 Å². The Morgan fingerprint density at radius 3 is 2.52 bits per heavy atom. The Kier molecular flexibility index (Phi) is 5.65. The zero-order valence-corrected chi connectivity index (χ0v) is 14.6. The van der Waals surface area contributed by atoms with Crippen LogP contribution in [0.4, 0.5) is 10.1 Å². The van der Waals surface area contributed by atoms with Crippen LogP contribution in [0.15, 0.2) is 47.6 Å². The normalized spacial score (nSPS) is 13.0. The third kappa shape index (κ3) is 5.04. The van der Waals surface area contributed by atoms with Gasteiger partial charge in [0.1, 0.15) is 19.0 Å². The van der Waals surface area contributed by atoms with Crippen molar-refractivity contribution in [1.29, 1.82) is 0 Å². The highest BCUT2D eigenvalue weighted by Gasteiger charge is 2.13. The summed E-state index contributed by atoms with van der Waals surface area (Å²) in [5.74, 6) is 0.0177. The van der Waals surface area contributed by atoms with Crippen LogP contribution >= 0.6 is 0 Å². The van der Waals surface area contributed by atoms with Crippen LogP contribution in [0.5, 0.6) is 11.5 Å². The van der Waals surface area contributed by atoms with Crippen molar-refractivity contribution < 1.29 is 23.5 Å². The summed E-state index contributed by atoms with van der Waals surface area (Å²) in [5.41, 5.74) is 3.60. The number of ether oxygens (including phenoxy) is 2. The van der Waals surface area contributed by atoms with E-state index in [1.165, 1.54) is 24.3 Å². The molecule has 0 aliphatic carbocycles. The quantitative estimate of drug-likeness (QED) is 0.625. The molecule has 0 bridgehead atoms. The van der Waals surface area contributed by atoms with Gasteiger partial charge in [-0.05, 0) is 43.3 Å². The minimum absolute atomic E-state index is 0.00185. The number of fused-ring (bicyclic) bond motifs is 1. The second kappa shape index (κ2) is 8.31. The van der Waals surface area contributed by atoms with Gasteiger partial charge in [-0.2, -0.15) is 5.10 Å². The van der Waals surface area contributed by atoms with Gasteiger partial charge in [0, 0.05) is 23.0 Å². The summed E-state index contributed by atoms with van der Waals surface area (Å²) in [7, 11) is 0. The van der Waals surface area contributed by atoms with E-state index in [0.29, 0.717) is 36.1 Å².